The summed E-state index contributed by atoms with van der Waals surface area (Å²) in [5, 5.41) is 13.1. The number of benzene rings is 2. The van der Waals surface area contributed by atoms with Crippen molar-refractivity contribution in [1.29, 1.82) is 0 Å². The number of phenols is 1. The average molecular weight is 306 g/mol. The Morgan fingerprint density at radius 1 is 1.19 bits per heavy atom. The van der Waals surface area contributed by atoms with Crippen LogP contribution in [0, 0.1) is 0 Å². The number of aromatic hydroxyl groups is 1. The highest BCUT2D eigenvalue weighted by Crippen LogP contribution is 2.26. The quantitative estimate of drug-likeness (QED) is 0.773. The van der Waals surface area contributed by atoms with Gasteiger partial charge in [0.15, 0.2) is 0 Å². The van der Waals surface area contributed by atoms with Crippen LogP contribution in [0.1, 0.15) is 18.9 Å². The maximum absolute atomic E-state index is 9.40. The number of hydrogen-bond donors (Lipinski definition) is 2. The second kappa shape index (κ2) is 7.23. The standard InChI is InChI=1S/C17H20ClNO2/c1-12(19-14-7-10-17(20)16(18)11-14)3-4-13-5-8-15(21-2)9-6-13/h5-12,19-20H,3-4H2,1-2H3. The van der Waals surface area contributed by atoms with Crippen molar-refractivity contribution in [2.75, 3.05) is 12.4 Å². The van der Waals surface area contributed by atoms with Crippen molar-refractivity contribution in [3.63, 3.8) is 0 Å². The summed E-state index contributed by atoms with van der Waals surface area (Å²) in [6.07, 6.45) is 1.99. The molecule has 2 aromatic carbocycles. The first-order chi connectivity index (χ1) is 10.1. The molecule has 1 unspecified atom stereocenters. The lowest BCUT2D eigenvalue weighted by molar-refractivity contribution is 0.414. The van der Waals surface area contributed by atoms with Gasteiger partial charge in [0.2, 0.25) is 0 Å². The van der Waals surface area contributed by atoms with Gasteiger partial charge in [0.25, 0.3) is 0 Å². The molecule has 2 N–H and O–H groups in total. The molecule has 4 heteroatoms. The molecule has 1 atom stereocenters. The zero-order valence-electron chi connectivity index (χ0n) is 12.3. The molecular weight excluding hydrogens is 286 g/mol. The van der Waals surface area contributed by atoms with E-state index in [1.54, 1.807) is 19.2 Å². The number of aryl methyl sites for hydroxylation is 1. The molecule has 2 rings (SSSR count). The maximum Gasteiger partial charge on any atom is 0.134 e. The first-order valence-corrected chi connectivity index (χ1v) is 7.34. The zero-order valence-corrected chi connectivity index (χ0v) is 13.0. The normalized spacial score (nSPS) is 12.0. The van der Waals surface area contributed by atoms with E-state index in [-0.39, 0.29) is 5.75 Å². The van der Waals surface area contributed by atoms with Gasteiger partial charge in [-0.25, -0.2) is 0 Å². The zero-order chi connectivity index (χ0) is 15.2. The number of rotatable bonds is 6. The number of hydrogen-bond acceptors (Lipinski definition) is 3. The largest absolute Gasteiger partial charge is 0.506 e. The molecule has 0 fully saturated rings. The van der Waals surface area contributed by atoms with Crippen LogP contribution in [-0.2, 0) is 6.42 Å². The number of anilines is 1. The summed E-state index contributed by atoms with van der Waals surface area (Å²) in [7, 11) is 1.67. The van der Waals surface area contributed by atoms with Gasteiger partial charge >= 0.3 is 0 Å². The summed E-state index contributed by atoms with van der Waals surface area (Å²) in [5.41, 5.74) is 2.20. The molecule has 0 aromatic heterocycles. The van der Waals surface area contributed by atoms with Gasteiger partial charge in [-0.15, -0.1) is 0 Å². The van der Waals surface area contributed by atoms with Crippen molar-refractivity contribution in [2.24, 2.45) is 0 Å². The Labute approximate surface area is 130 Å². The van der Waals surface area contributed by atoms with Crippen LogP contribution >= 0.6 is 11.6 Å². The molecule has 2 aromatic rings. The van der Waals surface area contributed by atoms with Crippen LogP contribution in [0.4, 0.5) is 5.69 Å². The topological polar surface area (TPSA) is 41.5 Å². The first kappa shape index (κ1) is 15.5. The Kier molecular flexibility index (Phi) is 5.34. The summed E-state index contributed by atoms with van der Waals surface area (Å²) in [4.78, 5) is 0. The minimum atomic E-state index is 0.105. The SMILES string of the molecule is COc1ccc(CCC(C)Nc2ccc(O)c(Cl)c2)cc1. The van der Waals surface area contributed by atoms with E-state index >= 15 is 0 Å². The highest BCUT2D eigenvalue weighted by atomic mass is 35.5. The lowest BCUT2D eigenvalue weighted by Gasteiger charge is -2.16. The molecular formula is C17H20ClNO2. The van der Waals surface area contributed by atoms with Crippen LogP contribution in [0.5, 0.6) is 11.5 Å². The average Bonchev–Trinajstić information content (AvgIpc) is 2.49. The van der Waals surface area contributed by atoms with Crippen LogP contribution in [0.25, 0.3) is 0 Å². The Balaban J connectivity index is 1.86. The lowest BCUT2D eigenvalue weighted by Crippen LogP contribution is -2.15. The van der Waals surface area contributed by atoms with Crippen molar-refractivity contribution < 1.29 is 9.84 Å². The Morgan fingerprint density at radius 3 is 2.52 bits per heavy atom. The lowest BCUT2D eigenvalue weighted by atomic mass is 10.1. The van der Waals surface area contributed by atoms with Crippen molar-refractivity contribution in [1.82, 2.24) is 0 Å². The first-order valence-electron chi connectivity index (χ1n) is 6.96. The molecule has 0 bridgehead atoms. The van der Waals surface area contributed by atoms with Gasteiger partial charge in [0.05, 0.1) is 12.1 Å². The third-order valence-corrected chi connectivity index (χ3v) is 3.69. The summed E-state index contributed by atoms with van der Waals surface area (Å²) >= 11 is 5.90. The van der Waals surface area contributed by atoms with Gasteiger partial charge in [0, 0.05) is 11.7 Å². The van der Waals surface area contributed by atoms with E-state index in [4.69, 9.17) is 16.3 Å². The Bertz CT molecular complexity index is 584. The predicted octanol–water partition coefficient (Wildman–Crippen LogP) is 4.49. The van der Waals surface area contributed by atoms with Crippen LogP contribution in [0.3, 0.4) is 0 Å². The highest BCUT2D eigenvalue weighted by molar-refractivity contribution is 6.32. The van der Waals surface area contributed by atoms with E-state index in [1.165, 1.54) is 5.56 Å². The van der Waals surface area contributed by atoms with Crippen LogP contribution in [-0.4, -0.2) is 18.3 Å². The summed E-state index contributed by atoms with van der Waals surface area (Å²) < 4.78 is 5.15. The van der Waals surface area contributed by atoms with Crippen molar-refractivity contribution in [3.8, 4) is 11.5 Å². The second-order valence-corrected chi connectivity index (χ2v) is 5.51. The van der Waals surface area contributed by atoms with Gasteiger partial charge in [-0.2, -0.15) is 0 Å². The van der Waals surface area contributed by atoms with Gasteiger partial charge in [-0.05, 0) is 55.7 Å². The number of phenolic OH excluding ortho intramolecular Hbond substituents is 1. The Hall–Kier alpha value is -1.87. The monoisotopic (exact) mass is 305 g/mol. The molecule has 112 valence electrons. The molecule has 0 amide bonds. The fourth-order valence-corrected chi connectivity index (χ4v) is 2.31. The Morgan fingerprint density at radius 2 is 1.90 bits per heavy atom. The fourth-order valence-electron chi connectivity index (χ4n) is 2.13. The smallest absolute Gasteiger partial charge is 0.134 e. The van der Waals surface area contributed by atoms with Crippen molar-refractivity contribution in [3.05, 3.63) is 53.1 Å². The van der Waals surface area contributed by atoms with E-state index in [0.717, 1.165) is 24.3 Å². The molecule has 0 radical (unpaired) electrons. The van der Waals surface area contributed by atoms with Gasteiger partial charge < -0.3 is 15.2 Å². The molecule has 0 spiro atoms. The number of halogens is 1. The third-order valence-electron chi connectivity index (χ3n) is 3.39. The predicted molar refractivity (Wildman–Crippen MR) is 87.5 cm³/mol. The minimum absolute atomic E-state index is 0.105. The highest BCUT2D eigenvalue weighted by Gasteiger charge is 2.05. The van der Waals surface area contributed by atoms with E-state index in [0.29, 0.717) is 11.1 Å². The third kappa shape index (κ3) is 4.57. The van der Waals surface area contributed by atoms with E-state index in [2.05, 4.69) is 24.4 Å². The van der Waals surface area contributed by atoms with Crippen LogP contribution in [0.15, 0.2) is 42.5 Å². The van der Waals surface area contributed by atoms with E-state index in [1.807, 2.05) is 18.2 Å². The number of methoxy groups -OCH3 is 1. The van der Waals surface area contributed by atoms with E-state index in [9.17, 15) is 5.11 Å². The number of ether oxygens (including phenoxy) is 1. The minimum Gasteiger partial charge on any atom is -0.506 e. The maximum atomic E-state index is 9.40. The fraction of sp³-hybridized carbons (Fsp3) is 0.294. The molecule has 0 saturated heterocycles. The molecule has 21 heavy (non-hydrogen) atoms. The van der Waals surface area contributed by atoms with E-state index < -0.39 is 0 Å². The molecule has 0 saturated carbocycles. The van der Waals surface area contributed by atoms with Gasteiger partial charge in [0.1, 0.15) is 11.5 Å². The molecule has 0 aliphatic rings. The molecule has 3 nitrogen and oxygen atoms in total. The summed E-state index contributed by atoms with van der Waals surface area (Å²) in [5.74, 6) is 0.983. The second-order valence-electron chi connectivity index (χ2n) is 5.10. The van der Waals surface area contributed by atoms with Crippen molar-refractivity contribution >= 4 is 17.3 Å². The summed E-state index contributed by atoms with van der Waals surface area (Å²) in [6, 6.07) is 13.6. The number of nitrogens with one attached hydrogen (secondary N) is 1. The van der Waals surface area contributed by atoms with Crippen molar-refractivity contribution in [2.45, 2.75) is 25.8 Å². The van der Waals surface area contributed by atoms with Crippen LogP contribution < -0.4 is 10.1 Å². The van der Waals surface area contributed by atoms with Gasteiger partial charge in [-0.1, -0.05) is 23.7 Å². The summed E-state index contributed by atoms with van der Waals surface area (Å²) in [6.45, 7) is 2.13. The molecule has 0 heterocycles. The van der Waals surface area contributed by atoms with Crippen LogP contribution in [0.2, 0.25) is 5.02 Å². The van der Waals surface area contributed by atoms with Gasteiger partial charge in [-0.3, -0.25) is 0 Å². The molecule has 0 aliphatic heterocycles. The molecule has 0 aliphatic carbocycles.